The zero-order valence-electron chi connectivity index (χ0n) is 12.5. The Kier molecular flexibility index (Phi) is 5.13. The molecule has 0 unspecified atom stereocenters. The number of aromatic nitrogens is 4. The highest BCUT2D eigenvalue weighted by Gasteiger charge is 2.20. The lowest BCUT2D eigenvalue weighted by Gasteiger charge is -2.11. The number of nitrogens with two attached hydrogens (primary N) is 1. The van der Waals surface area contributed by atoms with E-state index in [1.54, 1.807) is 22.3 Å². The largest absolute Gasteiger partial charge is 0.321 e. The van der Waals surface area contributed by atoms with Crippen molar-refractivity contribution in [2.75, 3.05) is 0 Å². The van der Waals surface area contributed by atoms with Gasteiger partial charge in [0.2, 0.25) is 4.96 Å². The highest BCUT2D eigenvalue weighted by atomic mass is 35.5. The Hall–Kier alpha value is -0.860. The summed E-state index contributed by atoms with van der Waals surface area (Å²) >= 11 is 15.2. The van der Waals surface area contributed by atoms with Crippen LogP contribution in [0.4, 0.5) is 0 Å². The van der Waals surface area contributed by atoms with Gasteiger partial charge in [0, 0.05) is 15.8 Å². The van der Waals surface area contributed by atoms with Crippen molar-refractivity contribution in [2.24, 2.45) is 11.7 Å². The number of rotatable bonds is 5. The fourth-order valence-corrected chi connectivity index (χ4v) is 4.40. The van der Waals surface area contributed by atoms with E-state index in [1.165, 1.54) is 11.3 Å². The number of nitrogens with zero attached hydrogens (tertiary/aromatic N) is 4. The van der Waals surface area contributed by atoms with Crippen molar-refractivity contribution < 1.29 is 0 Å². The monoisotopic (exact) mass is 387 g/mol. The van der Waals surface area contributed by atoms with Crippen LogP contribution in [0.5, 0.6) is 0 Å². The molecule has 0 amide bonds. The minimum absolute atomic E-state index is 0.185. The third-order valence-corrected chi connectivity index (χ3v) is 6.05. The van der Waals surface area contributed by atoms with E-state index >= 15 is 0 Å². The van der Waals surface area contributed by atoms with Crippen LogP contribution < -0.4 is 5.73 Å². The SMILES string of the molecule is CC(C)[C@H](N)c1nnc2sc(SCc3ccc(Cl)cc3Cl)nn12. The van der Waals surface area contributed by atoms with Gasteiger partial charge in [0.05, 0.1) is 6.04 Å². The second-order valence-corrected chi connectivity index (χ2v) is 8.44. The number of thioether (sulfide) groups is 1. The van der Waals surface area contributed by atoms with E-state index in [2.05, 4.69) is 29.1 Å². The average molecular weight is 388 g/mol. The average Bonchev–Trinajstić information content (AvgIpc) is 3.05. The van der Waals surface area contributed by atoms with E-state index in [-0.39, 0.29) is 12.0 Å². The van der Waals surface area contributed by atoms with Crippen LogP contribution in [0.1, 0.15) is 31.3 Å². The smallest absolute Gasteiger partial charge is 0.235 e. The van der Waals surface area contributed by atoms with E-state index in [4.69, 9.17) is 28.9 Å². The van der Waals surface area contributed by atoms with Crippen molar-refractivity contribution in [3.8, 4) is 0 Å². The fraction of sp³-hybridized carbons (Fsp3) is 0.357. The second-order valence-electron chi connectivity index (χ2n) is 5.41. The highest BCUT2D eigenvalue weighted by molar-refractivity contribution is 8.00. The number of hydrogen-bond donors (Lipinski definition) is 1. The molecule has 0 radical (unpaired) electrons. The molecule has 0 fully saturated rings. The molecular formula is C14H15Cl2N5S2. The van der Waals surface area contributed by atoms with E-state index in [9.17, 15) is 0 Å². The van der Waals surface area contributed by atoms with Gasteiger partial charge in [-0.05, 0) is 23.6 Å². The summed E-state index contributed by atoms with van der Waals surface area (Å²) < 4.78 is 2.64. The summed E-state index contributed by atoms with van der Waals surface area (Å²) in [6.45, 7) is 4.10. The minimum Gasteiger partial charge on any atom is -0.321 e. The lowest BCUT2D eigenvalue weighted by atomic mass is 10.1. The summed E-state index contributed by atoms with van der Waals surface area (Å²) in [6.07, 6.45) is 0. The Balaban J connectivity index is 1.79. The third kappa shape index (κ3) is 3.64. The van der Waals surface area contributed by atoms with Gasteiger partial charge in [-0.1, -0.05) is 66.2 Å². The molecule has 3 aromatic rings. The first kappa shape index (κ1) is 17.0. The summed E-state index contributed by atoms with van der Waals surface area (Å²) in [6, 6.07) is 5.33. The maximum Gasteiger partial charge on any atom is 0.235 e. The molecule has 1 aromatic carbocycles. The maximum absolute atomic E-state index is 6.20. The standard InChI is InChI=1S/C14H15Cl2N5S2/c1-7(2)11(17)12-18-19-13-21(12)20-14(23-13)22-6-8-3-4-9(15)5-10(8)16/h3-5,7,11H,6,17H2,1-2H3/t11-/m0/s1. The molecule has 1 atom stereocenters. The van der Waals surface area contributed by atoms with E-state index < -0.39 is 0 Å². The van der Waals surface area contributed by atoms with Crippen molar-refractivity contribution in [3.63, 3.8) is 0 Å². The Bertz CT molecular complexity index is 830. The van der Waals surface area contributed by atoms with Gasteiger partial charge in [0.25, 0.3) is 0 Å². The lowest BCUT2D eigenvalue weighted by Crippen LogP contribution is -2.20. The lowest BCUT2D eigenvalue weighted by molar-refractivity contribution is 0.479. The van der Waals surface area contributed by atoms with E-state index in [0.29, 0.717) is 21.6 Å². The molecule has 0 saturated heterocycles. The molecule has 2 N–H and O–H groups in total. The van der Waals surface area contributed by atoms with Crippen molar-refractivity contribution in [1.29, 1.82) is 0 Å². The van der Waals surface area contributed by atoms with Gasteiger partial charge in [-0.15, -0.1) is 15.3 Å². The molecule has 0 aliphatic carbocycles. The molecule has 0 bridgehead atoms. The summed E-state index contributed by atoms with van der Waals surface area (Å²) in [5.41, 5.74) is 7.18. The number of halogens is 2. The van der Waals surface area contributed by atoms with Gasteiger partial charge in [0.15, 0.2) is 10.2 Å². The molecule has 122 valence electrons. The van der Waals surface area contributed by atoms with Crippen LogP contribution in [-0.2, 0) is 5.75 Å². The van der Waals surface area contributed by atoms with Crippen LogP contribution in [0.15, 0.2) is 22.5 Å². The van der Waals surface area contributed by atoms with Crippen molar-refractivity contribution in [3.05, 3.63) is 39.6 Å². The van der Waals surface area contributed by atoms with Crippen molar-refractivity contribution >= 4 is 51.3 Å². The van der Waals surface area contributed by atoms with Gasteiger partial charge in [0.1, 0.15) is 0 Å². The Morgan fingerprint density at radius 3 is 2.78 bits per heavy atom. The minimum atomic E-state index is -0.185. The summed E-state index contributed by atoms with van der Waals surface area (Å²) in [5.74, 6) is 1.68. The summed E-state index contributed by atoms with van der Waals surface area (Å²) in [5, 5.41) is 14.2. The van der Waals surface area contributed by atoms with E-state index in [0.717, 1.165) is 14.9 Å². The molecule has 2 heterocycles. The van der Waals surface area contributed by atoms with Crippen molar-refractivity contribution in [1.82, 2.24) is 19.8 Å². The van der Waals surface area contributed by atoms with Crippen LogP contribution in [0.3, 0.4) is 0 Å². The van der Waals surface area contributed by atoms with Crippen LogP contribution in [0, 0.1) is 5.92 Å². The molecule has 0 spiro atoms. The predicted molar refractivity (Wildman–Crippen MR) is 96.4 cm³/mol. The van der Waals surface area contributed by atoms with Crippen LogP contribution in [0.2, 0.25) is 10.0 Å². The number of hydrogen-bond acceptors (Lipinski definition) is 6. The molecule has 0 aliphatic rings. The molecule has 9 heteroatoms. The van der Waals surface area contributed by atoms with Crippen LogP contribution in [0.25, 0.3) is 4.96 Å². The second kappa shape index (κ2) is 6.94. The quantitative estimate of drug-likeness (QED) is 0.655. The fourth-order valence-electron chi connectivity index (χ4n) is 1.96. The zero-order valence-corrected chi connectivity index (χ0v) is 15.7. The van der Waals surface area contributed by atoms with E-state index in [1.807, 2.05) is 12.1 Å². The first-order valence-corrected chi connectivity index (χ1v) is 9.56. The molecule has 3 rings (SSSR count). The first-order valence-electron chi connectivity index (χ1n) is 7.00. The van der Waals surface area contributed by atoms with Crippen molar-refractivity contribution in [2.45, 2.75) is 30.0 Å². The molecular weight excluding hydrogens is 373 g/mol. The summed E-state index contributed by atoms with van der Waals surface area (Å²) in [4.78, 5) is 0.751. The van der Waals surface area contributed by atoms with Crippen LogP contribution in [-0.4, -0.2) is 19.8 Å². The van der Waals surface area contributed by atoms with Crippen LogP contribution >= 0.6 is 46.3 Å². The van der Waals surface area contributed by atoms with Gasteiger partial charge >= 0.3 is 0 Å². The van der Waals surface area contributed by atoms with Gasteiger partial charge in [-0.2, -0.15) is 4.52 Å². The molecule has 0 saturated carbocycles. The highest BCUT2D eigenvalue weighted by Crippen LogP contribution is 2.31. The zero-order chi connectivity index (χ0) is 16.6. The number of fused-ring (bicyclic) bond motifs is 1. The Labute approximate surface area is 152 Å². The van der Waals surface area contributed by atoms with Gasteiger partial charge in [-0.25, -0.2) is 0 Å². The van der Waals surface area contributed by atoms with Gasteiger partial charge in [-0.3, -0.25) is 0 Å². The first-order chi connectivity index (χ1) is 11.0. The topological polar surface area (TPSA) is 69.1 Å². The molecule has 2 aromatic heterocycles. The Morgan fingerprint density at radius 1 is 1.30 bits per heavy atom. The predicted octanol–water partition coefficient (Wildman–Crippen LogP) is 4.44. The molecule has 0 aliphatic heterocycles. The third-order valence-electron chi connectivity index (χ3n) is 3.38. The normalized spacial score (nSPS) is 13.1. The summed E-state index contributed by atoms with van der Waals surface area (Å²) in [7, 11) is 0. The van der Waals surface area contributed by atoms with Gasteiger partial charge < -0.3 is 5.73 Å². The maximum atomic E-state index is 6.20. The molecule has 5 nitrogen and oxygen atoms in total. The molecule has 23 heavy (non-hydrogen) atoms. The Morgan fingerprint density at radius 2 is 2.09 bits per heavy atom. The number of benzene rings is 1.